The molecule has 0 aliphatic rings. The fourth-order valence-corrected chi connectivity index (χ4v) is 1.76. The first kappa shape index (κ1) is 13.0. The summed E-state index contributed by atoms with van der Waals surface area (Å²) in [6.07, 6.45) is 1.30. The zero-order valence-electron chi connectivity index (χ0n) is 10.4. The summed E-state index contributed by atoms with van der Waals surface area (Å²) in [5.41, 5.74) is 1.32. The molecule has 0 spiro atoms. The van der Waals surface area contributed by atoms with E-state index < -0.39 is 18.2 Å². The third-order valence-electron chi connectivity index (χ3n) is 2.70. The van der Waals surface area contributed by atoms with Crippen LogP contribution in [0.2, 0.25) is 0 Å². The molecule has 2 rings (SSSR count). The van der Waals surface area contributed by atoms with E-state index in [9.17, 15) is 14.4 Å². The van der Waals surface area contributed by atoms with E-state index in [2.05, 4.69) is 9.72 Å². The van der Waals surface area contributed by atoms with Gasteiger partial charge in [-0.25, -0.2) is 4.79 Å². The summed E-state index contributed by atoms with van der Waals surface area (Å²) in [7, 11) is 0. The topological polar surface area (TPSA) is 76.2 Å². The third-order valence-corrected chi connectivity index (χ3v) is 2.70. The number of carbonyl (C=O) groups excluding carboxylic acids is 3. The second-order valence-electron chi connectivity index (χ2n) is 4.02. The van der Waals surface area contributed by atoms with E-state index in [0.717, 1.165) is 10.9 Å². The Bertz CT molecular complexity index is 642. The number of ether oxygens (including phenoxy) is 1. The average Bonchev–Trinajstić information content (AvgIpc) is 2.85. The number of ketones is 2. The minimum absolute atomic E-state index is 0.119. The molecule has 0 radical (unpaired) electrons. The highest BCUT2D eigenvalue weighted by atomic mass is 16.5. The van der Waals surface area contributed by atoms with E-state index in [0.29, 0.717) is 5.56 Å². The first-order chi connectivity index (χ1) is 9.11. The molecule has 0 amide bonds. The molecule has 0 saturated carbocycles. The number of hydrogen-bond donors (Lipinski definition) is 1. The Hall–Kier alpha value is -2.43. The van der Waals surface area contributed by atoms with Crippen LogP contribution in [0.1, 0.15) is 23.7 Å². The quantitative estimate of drug-likeness (QED) is 0.385. The van der Waals surface area contributed by atoms with Gasteiger partial charge in [0.1, 0.15) is 0 Å². The van der Waals surface area contributed by atoms with Gasteiger partial charge in [-0.05, 0) is 31.2 Å². The predicted octanol–water partition coefficient (Wildman–Crippen LogP) is 1.87. The molecule has 2 aromatic rings. The van der Waals surface area contributed by atoms with Crippen molar-refractivity contribution in [2.45, 2.75) is 13.3 Å². The number of aromatic amines is 1. The van der Waals surface area contributed by atoms with Gasteiger partial charge < -0.3 is 9.72 Å². The van der Waals surface area contributed by atoms with Crippen molar-refractivity contribution in [1.29, 1.82) is 0 Å². The number of H-pyrrole nitrogens is 1. The number of carbonyl (C=O) groups is 3. The fraction of sp³-hybridized carbons (Fsp3) is 0.214. The lowest BCUT2D eigenvalue weighted by atomic mass is 10.0. The zero-order chi connectivity index (χ0) is 13.8. The van der Waals surface area contributed by atoms with E-state index in [1.165, 1.54) is 0 Å². The van der Waals surface area contributed by atoms with Crippen LogP contribution in [0.4, 0.5) is 0 Å². The molecule has 98 valence electrons. The van der Waals surface area contributed by atoms with Crippen molar-refractivity contribution >= 4 is 28.4 Å². The third kappa shape index (κ3) is 2.88. The van der Waals surface area contributed by atoms with E-state index in [1.54, 1.807) is 31.3 Å². The van der Waals surface area contributed by atoms with Crippen LogP contribution in [-0.2, 0) is 14.3 Å². The minimum Gasteiger partial charge on any atom is -0.460 e. The number of Topliss-reactive ketones (excluding diaryl/α,β-unsaturated/α-hetero) is 2. The summed E-state index contributed by atoms with van der Waals surface area (Å²) < 4.78 is 4.55. The number of esters is 1. The number of aromatic nitrogens is 1. The molecule has 1 aromatic heterocycles. The van der Waals surface area contributed by atoms with Crippen molar-refractivity contribution < 1.29 is 19.1 Å². The SMILES string of the molecule is CCOC(=O)C(=O)CC(=O)c1ccc2[nH]ccc2c1. The lowest BCUT2D eigenvalue weighted by Crippen LogP contribution is -2.20. The number of rotatable bonds is 5. The molecule has 0 saturated heterocycles. The standard InChI is InChI=1S/C14H13NO4/c1-2-19-14(18)13(17)8-12(16)10-3-4-11-9(7-10)5-6-15-11/h3-7,15H,2,8H2,1H3. The van der Waals surface area contributed by atoms with Crippen molar-refractivity contribution in [3.8, 4) is 0 Å². The Morgan fingerprint density at radius 2 is 2.00 bits per heavy atom. The maximum absolute atomic E-state index is 11.9. The molecule has 0 fully saturated rings. The number of fused-ring (bicyclic) bond motifs is 1. The Balaban J connectivity index is 2.11. The number of benzene rings is 1. The van der Waals surface area contributed by atoms with Gasteiger partial charge in [0.2, 0.25) is 5.78 Å². The van der Waals surface area contributed by atoms with Crippen molar-refractivity contribution in [1.82, 2.24) is 4.98 Å². The summed E-state index contributed by atoms with van der Waals surface area (Å²) in [5, 5.41) is 0.884. The molecule has 19 heavy (non-hydrogen) atoms. The normalized spacial score (nSPS) is 10.4. The molecular formula is C14H13NO4. The van der Waals surface area contributed by atoms with Gasteiger partial charge in [-0.15, -0.1) is 0 Å². The Kier molecular flexibility index (Phi) is 3.75. The maximum atomic E-state index is 11.9. The average molecular weight is 259 g/mol. The van der Waals surface area contributed by atoms with E-state index in [1.807, 2.05) is 6.07 Å². The highest BCUT2D eigenvalue weighted by molar-refractivity contribution is 6.38. The van der Waals surface area contributed by atoms with Gasteiger partial charge in [0.05, 0.1) is 13.0 Å². The highest BCUT2D eigenvalue weighted by Gasteiger charge is 2.20. The van der Waals surface area contributed by atoms with Crippen LogP contribution < -0.4 is 0 Å². The van der Waals surface area contributed by atoms with Gasteiger partial charge in [0.25, 0.3) is 0 Å². The van der Waals surface area contributed by atoms with Gasteiger partial charge in [-0.2, -0.15) is 0 Å². The minimum atomic E-state index is -0.960. The Morgan fingerprint density at radius 3 is 2.74 bits per heavy atom. The molecule has 0 atom stereocenters. The van der Waals surface area contributed by atoms with E-state index >= 15 is 0 Å². The lowest BCUT2D eigenvalue weighted by Gasteiger charge is -2.01. The predicted molar refractivity (Wildman–Crippen MR) is 68.9 cm³/mol. The second-order valence-corrected chi connectivity index (χ2v) is 4.02. The van der Waals surface area contributed by atoms with E-state index in [-0.39, 0.29) is 12.4 Å². The summed E-state index contributed by atoms with van der Waals surface area (Å²) >= 11 is 0. The summed E-state index contributed by atoms with van der Waals surface area (Å²) in [6.45, 7) is 1.72. The first-order valence-electron chi connectivity index (χ1n) is 5.92. The van der Waals surface area contributed by atoms with Gasteiger partial charge in [-0.1, -0.05) is 0 Å². The molecule has 1 aromatic carbocycles. The van der Waals surface area contributed by atoms with Crippen LogP contribution in [0, 0.1) is 0 Å². The molecule has 5 heteroatoms. The molecule has 1 heterocycles. The van der Waals surface area contributed by atoms with Crippen LogP contribution in [-0.4, -0.2) is 29.1 Å². The van der Waals surface area contributed by atoms with Crippen LogP contribution in [0.15, 0.2) is 30.5 Å². The highest BCUT2D eigenvalue weighted by Crippen LogP contribution is 2.15. The van der Waals surface area contributed by atoms with Crippen LogP contribution in [0.25, 0.3) is 10.9 Å². The number of nitrogens with one attached hydrogen (secondary N) is 1. The second kappa shape index (κ2) is 5.48. The summed E-state index contributed by atoms with van der Waals surface area (Å²) in [6, 6.07) is 6.91. The molecule has 0 bridgehead atoms. The smallest absolute Gasteiger partial charge is 0.375 e. The van der Waals surface area contributed by atoms with Crippen molar-refractivity contribution in [2.24, 2.45) is 0 Å². The summed E-state index contributed by atoms with van der Waals surface area (Å²) in [5.74, 6) is -2.17. The molecule has 1 N–H and O–H groups in total. The van der Waals surface area contributed by atoms with Crippen LogP contribution >= 0.6 is 0 Å². The van der Waals surface area contributed by atoms with Crippen LogP contribution in [0.5, 0.6) is 0 Å². The van der Waals surface area contributed by atoms with Gasteiger partial charge in [0.15, 0.2) is 5.78 Å². The van der Waals surface area contributed by atoms with Crippen LogP contribution in [0.3, 0.4) is 0 Å². The molecule has 0 unspecified atom stereocenters. The Labute approximate surface area is 109 Å². The zero-order valence-corrected chi connectivity index (χ0v) is 10.4. The fourth-order valence-electron chi connectivity index (χ4n) is 1.76. The van der Waals surface area contributed by atoms with Crippen molar-refractivity contribution in [2.75, 3.05) is 6.61 Å². The first-order valence-corrected chi connectivity index (χ1v) is 5.92. The Morgan fingerprint density at radius 1 is 1.21 bits per heavy atom. The molecule has 0 aliphatic heterocycles. The van der Waals surface area contributed by atoms with Gasteiger partial charge in [-0.3, -0.25) is 9.59 Å². The number of hydrogen-bond acceptors (Lipinski definition) is 4. The van der Waals surface area contributed by atoms with Gasteiger partial charge in [0, 0.05) is 22.7 Å². The monoisotopic (exact) mass is 259 g/mol. The van der Waals surface area contributed by atoms with E-state index in [4.69, 9.17) is 0 Å². The molecular weight excluding hydrogens is 246 g/mol. The molecule has 0 aliphatic carbocycles. The summed E-state index contributed by atoms with van der Waals surface area (Å²) in [4.78, 5) is 37.5. The molecule has 5 nitrogen and oxygen atoms in total. The lowest BCUT2D eigenvalue weighted by molar-refractivity contribution is -0.153. The van der Waals surface area contributed by atoms with Gasteiger partial charge >= 0.3 is 5.97 Å². The van der Waals surface area contributed by atoms with Crippen molar-refractivity contribution in [3.63, 3.8) is 0 Å². The maximum Gasteiger partial charge on any atom is 0.375 e. The van der Waals surface area contributed by atoms with Crippen molar-refractivity contribution in [3.05, 3.63) is 36.0 Å². The largest absolute Gasteiger partial charge is 0.460 e.